The van der Waals surface area contributed by atoms with Crippen LogP contribution in [0.3, 0.4) is 0 Å². The Morgan fingerprint density at radius 3 is 2.57 bits per heavy atom. The highest BCUT2D eigenvalue weighted by molar-refractivity contribution is 5.69. The van der Waals surface area contributed by atoms with Crippen LogP contribution in [-0.4, -0.2) is 18.2 Å². The summed E-state index contributed by atoms with van der Waals surface area (Å²) >= 11 is 0. The molecular weight excluding hydrogens is 287 g/mol. The van der Waals surface area contributed by atoms with Crippen LogP contribution in [0.5, 0.6) is 0 Å². The molecule has 0 aromatic heterocycles. The van der Waals surface area contributed by atoms with Gasteiger partial charge in [0.25, 0.3) is 0 Å². The summed E-state index contributed by atoms with van der Waals surface area (Å²) < 4.78 is 41.6. The molecule has 21 heavy (non-hydrogen) atoms. The van der Waals surface area contributed by atoms with E-state index in [0.717, 1.165) is 5.56 Å². The first-order chi connectivity index (χ1) is 9.90. The summed E-state index contributed by atoms with van der Waals surface area (Å²) in [6, 6.07) is 7.61. The average Bonchev–Trinajstić information content (AvgIpc) is 2.42. The van der Waals surface area contributed by atoms with Gasteiger partial charge in [-0.1, -0.05) is 35.4 Å². The number of ether oxygens (including phenoxy) is 1. The van der Waals surface area contributed by atoms with Gasteiger partial charge in [-0.25, -0.2) is 0 Å². The number of alkyl halides is 3. The predicted molar refractivity (Wildman–Crippen MR) is 69.1 cm³/mol. The molecule has 0 fully saturated rings. The number of rotatable bonds is 7. The van der Waals surface area contributed by atoms with E-state index in [4.69, 9.17) is 10.3 Å². The topological polar surface area (TPSA) is 75.1 Å². The molecule has 1 rings (SSSR count). The Bertz CT molecular complexity index is 499. The van der Waals surface area contributed by atoms with Crippen LogP contribution in [-0.2, 0) is 16.1 Å². The minimum Gasteiger partial charge on any atom is -0.461 e. The lowest BCUT2D eigenvalue weighted by molar-refractivity contribution is -0.147. The molecule has 0 N–H and O–H groups in total. The van der Waals surface area contributed by atoms with Crippen LogP contribution in [0.25, 0.3) is 10.4 Å². The van der Waals surface area contributed by atoms with E-state index < -0.39 is 24.6 Å². The van der Waals surface area contributed by atoms with Crippen molar-refractivity contribution in [2.24, 2.45) is 5.11 Å². The van der Waals surface area contributed by atoms with Crippen LogP contribution in [0, 0.1) is 0 Å². The molecule has 5 nitrogen and oxygen atoms in total. The smallest absolute Gasteiger partial charge is 0.389 e. The summed E-state index contributed by atoms with van der Waals surface area (Å²) in [4.78, 5) is 13.8. The number of benzene rings is 1. The van der Waals surface area contributed by atoms with E-state index in [1.54, 1.807) is 24.3 Å². The molecule has 0 radical (unpaired) electrons. The lowest BCUT2D eigenvalue weighted by atomic mass is 10.1. The van der Waals surface area contributed by atoms with Gasteiger partial charge in [0, 0.05) is 17.4 Å². The average molecular weight is 301 g/mol. The molecule has 1 aromatic rings. The second-order valence-corrected chi connectivity index (χ2v) is 4.36. The maximum absolute atomic E-state index is 12.2. The Kier molecular flexibility index (Phi) is 6.55. The van der Waals surface area contributed by atoms with Crippen molar-refractivity contribution in [1.82, 2.24) is 0 Å². The molecular formula is C13H14F3N3O2. The van der Waals surface area contributed by atoms with Gasteiger partial charge in [0.2, 0.25) is 0 Å². The zero-order valence-electron chi connectivity index (χ0n) is 11.1. The van der Waals surface area contributed by atoms with Crippen molar-refractivity contribution in [3.63, 3.8) is 0 Å². The number of nitrogens with zero attached hydrogens (tertiary/aromatic N) is 3. The molecule has 0 spiro atoms. The molecule has 114 valence electrons. The van der Waals surface area contributed by atoms with Gasteiger partial charge in [-0.05, 0) is 17.5 Å². The van der Waals surface area contributed by atoms with Crippen LogP contribution in [0.1, 0.15) is 24.8 Å². The van der Waals surface area contributed by atoms with E-state index >= 15 is 0 Å². The van der Waals surface area contributed by atoms with Crippen LogP contribution in [0.4, 0.5) is 13.2 Å². The zero-order chi connectivity index (χ0) is 15.7. The van der Waals surface area contributed by atoms with Crippen molar-refractivity contribution in [2.45, 2.75) is 38.1 Å². The number of carbonyl (C=O) groups is 1. The molecule has 8 heteroatoms. The fourth-order valence-electron chi connectivity index (χ4n) is 1.64. The van der Waals surface area contributed by atoms with E-state index in [2.05, 4.69) is 10.0 Å². The maximum Gasteiger partial charge on any atom is 0.389 e. The molecule has 0 heterocycles. The SMILES string of the molecule is [N-]=[N+]=NC(CCC(=O)OCc1ccccc1)CC(F)(F)F. The van der Waals surface area contributed by atoms with Crippen molar-refractivity contribution >= 4 is 5.97 Å². The third-order valence-corrected chi connectivity index (χ3v) is 2.61. The van der Waals surface area contributed by atoms with E-state index in [1.807, 2.05) is 6.07 Å². The lowest BCUT2D eigenvalue weighted by Gasteiger charge is -2.13. The highest BCUT2D eigenvalue weighted by Crippen LogP contribution is 2.25. The first-order valence-electron chi connectivity index (χ1n) is 6.21. The Morgan fingerprint density at radius 1 is 1.33 bits per heavy atom. The normalized spacial score (nSPS) is 12.3. The van der Waals surface area contributed by atoms with Crippen LogP contribution in [0.2, 0.25) is 0 Å². The van der Waals surface area contributed by atoms with Crippen molar-refractivity contribution in [3.8, 4) is 0 Å². The quantitative estimate of drug-likeness (QED) is 0.328. The Hall–Kier alpha value is -2.21. The van der Waals surface area contributed by atoms with Crippen LogP contribution >= 0.6 is 0 Å². The maximum atomic E-state index is 12.2. The Morgan fingerprint density at radius 2 is 2.00 bits per heavy atom. The fourth-order valence-corrected chi connectivity index (χ4v) is 1.64. The van der Waals surface area contributed by atoms with E-state index in [1.165, 1.54) is 0 Å². The number of halogens is 3. The predicted octanol–water partition coefficient (Wildman–Crippen LogP) is 4.14. The van der Waals surface area contributed by atoms with Crippen molar-refractivity contribution < 1.29 is 22.7 Å². The van der Waals surface area contributed by atoms with Gasteiger partial charge in [0.1, 0.15) is 6.61 Å². The molecule has 0 saturated heterocycles. The summed E-state index contributed by atoms with van der Waals surface area (Å²) in [5, 5.41) is 3.05. The lowest BCUT2D eigenvalue weighted by Crippen LogP contribution is -2.19. The molecule has 0 amide bonds. The van der Waals surface area contributed by atoms with Crippen LogP contribution < -0.4 is 0 Å². The molecule has 0 saturated carbocycles. The highest BCUT2D eigenvalue weighted by atomic mass is 19.4. The molecule has 0 aliphatic heterocycles. The summed E-state index contributed by atoms with van der Waals surface area (Å²) in [6.45, 7) is 0.0606. The summed E-state index contributed by atoms with van der Waals surface area (Å²) in [7, 11) is 0. The second-order valence-electron chi connectivity index (χ2n) is 4.36. The summed E-state index contributed by atoms with van der Waals surface area (Å²) in [6.07, 6.45) is -6.11. The van der Waals surface area contributed by atoms with E-state index in [0.29, 0.717) is 0 Å². The number of hydrogen-bond donors (Lipinski definition) is 0. The monoisotopic (exact) mass is 301 g/mol. The van der Waals surface area contributed by atoms with Gasteiger partial charge in [-0.3, -0.25) is 4.79 Å². The van der Waals surface area contributed by atoms with Gasteiger partial charge in [-0.15, -0.1) is 0 Å². The summed E-state index contributed by atoms with van der Waals surface area (Å²) in [5.41, 5.74) is 9.01. The summed E-state index contributed by atoms with van der Waals surface area (Å²) in [5.74, 6) is -0.626. The number of hydrogen-bond acceptors (Lipinski definition) is 3. The number of azide groups is 1. The third kappa shape index (κ3) is 7.84. The largest absolute Gasteiger partial charge is 0.461 e. The minimum atomic E-state index is -4.44. The Balaban J connectivity index is 2.37. The van der Waals surface area contributed by atoms with Gasteiger partial charge < -0.3 is 4.74 Å². The third-order valence-electron chi connectivity index (χ3n) is 2.61. The Labute approximate surface area is 119 Å². The van der Waals surface area contributed by atoms with Gasteiger partial charge >= 0.3 is 12.1 Å². The number of carbonyl (C=O) groups excluding carboxylic acids is 1. The highest BCUT2D eigenvalue weighted by Gasteiger charge is 2.31. The first-order valence-corrected chi connectivity index (χ1v) is 6.21. The molecule has 1 aromatic carbocycles. The molecule has 0 aliphatic carbocycles. The van der Waals surface area contributed by atoms with Crippen molar-refractivity contribution in [2.75, 3.05) is 0 Å². The zero-order valence-corrected chi connectivity index (χ0v) is 11.1. The number of esters is 1. The van der Waals surface area contributed by atoms with Gasteiger partial charge in [0.05, 0.1) is 6.42 Å². The van der Waals surface area contributed by atoms with E-state index in [-0.39, 0.29) is 19.4 Å². The standard InChI is InChI=1S/C13H14F3N3O2/c14-13(15,16)8-11(18-19-17)6-7-12(20)21-9-10-4-2-1-3-5-10/h1-5,11H,6-9H2. The molecule has 1 unspecified atom stereocenters. The van der Waals surface area contributed by atoms with Crippen molar-refractivity contribution in [1.29, 1.82) is 0 Å². The molecule has 0 bridgehead atoms. The van der Waals surface area contributed by atoms with E-state index in [9.17, 15) is 18.0 Å². The van der Waals surface area contributed by atoms with Gasteiger partial charge in [-0.2, -0.15) is 13.2 Å². The fraction of sp³-hybridized carbons (Fsp3) is 0.462. The first kappa shape index (κ1) is 16.8. The molecule has 0 aliphatic rings. The second kappa shape index (κ2) is 8.16. The minimum absolute atomic E-state index is 0.0606. The van der Waals surface area contributed by atoms with Crippen molar-refractivity contribution in [3.05, 3.63) is 46.3 Å². The van der Waals surface area contributed by atoms with Gasteiger partial charge in [0.15, 0.2) is 0 Å². The van der Waals surface area contributed by atoms with Crippen LogP contribution in [0.15, 0.2) is 35.4 Å². The molecule has 1 atom stereocenters.